The van der Waals surface area contributed by atoms with Gasteiger partial charge in [0.2, 0.25) is 0 Å². The fraction of sp³-hybridized carbons (Fsp3) is 0.654. The Kier molecular flexibility index (Phi) is 8.38. The number of anilines is 1. The molecule has 2 fully saturated rings. The molecule has 6 nitrogen and oxygen atoms in total. The van der Waals surface area contributed by atoms with Gasteiger partial charge in [0.15, 0.2) is 5.11 Å². The largest absolute Gasteiger partial charge is 0.417 e. The maximum absolute atomic E-state index is 13.5. The monoisotopic (exact) mass is 524 g/mol. The van der Waals surface area contributed by atoms with Crippen molar-refractivity contribution in [2.24, 2.45) is 0 Å². The number of rotatable bonds is 9. The summed E-state index contributed by atoms with van der Waals surface area (Å²) in [6.07, 6.45) is 1.13. The Morgan fingerprint density at radius 2 is 1.81 bits per heavy atom. The van der Waals surface area contributed by atoms with Crippen LogP contribution < -0.4 is 4.90 Å². The Hall–Kier alpha value is -2.22. The van der Waals surface area contributed by atoms with Crippen LogP contribution in [0.4, 0.5) is 18.9 Å². The van der Waals surface area contributed by atoms with E-state index in [1.165, 1.54) is 6.07 Å². The lowest BCUT2D eigenvalue weighted by molar-refractivity contribution is -0.137. The minimum atomic E-state index is -4.72. The van der Waals surface area contributed by atoms with Gasteiger partial charge in [0.1, 0.15) is 5.54 Å². The predicted octanol–water partition coefficient (Wildman–Crippen LogP) is 5.08. The van der Waals surface area contributed by atoms with E-state index in [1.54, 1.807) is 24.8 Å². The number of aliphatic hydroxyl groups is 1. The highest BCUT2D eigenvalue weighted by Gasteiger charge is 2.49. The van der Waals surface area contributed by atoms with E-state index in [0.29, 0.717) is 6.54 Å². The molecule has 1 N–H and O–H groups in total. The Labute approximate surface area is 216 Å². The second-order valence-corrected chi connectivity index (χ2v) is 11.1. The number of nitriles is 1. The number of nitrogens with zero attached hydrogens (tertiary/aromatic N) is 4. The van der Waals surface area contributed by atoms with Gasteiger partial charge in [-0.15, -0.1) is 0 Å². The molecule has 0 bridgehead atoms. The van der Waals surface area contributed by atoms with Gasteiger partial charge in [0.05, 0.1) is 28.5 Å². The number of benzene rings is 1. The highest BCUT2D eigenvalue weighted by molar-refractivity contribution is 7.80. The molecular formula is C26H35F3N4O2S. The first-order valence-corrected chi connectivity index (χ1v) is 12.8. The zero-order valence-corrected chi connectivity index (χ0v) is 22.2. The third-order valence-corrected chi connectivity index (χ3v) is 7.67. The van der Waals surface area contributed by atoms with Gasteiger partial charge in [-0.2, -0.15) is 18.4 Å². The standard InChI is InChI=1S/C26H35F3N4O2S/c1-24(2)22(34)33(19-12-11-18(17-30)20(16-19)26(27,28)29)23(36)32(24)15-8-6-5-7-13-31-14-9-10-21(31)25(3,4)35/h11-12,16,21,35H,5-10,13-15H2,1-4H3/t21-/m1/s1. The number of amides is 1. The van der Waals surface area contributed by atoms with Crippen molar-refractivity contribution in [3.63, 3.8) is 0 Å². The molecule has 3 rings (SSSR count). The van der Waals surface area contributed by atoms with Crippen LogP contribution in [0, 0.1) is 11.3 Å². The fourth-order valence-corrected chi connectivity index (χ4v) is 5.78. The Bertz CT molecular complexity index is 1030. The summed E-state index contributed by atoms with van der Waals surface area (Å²) >= 11 is 5.54. The molecule has 10 heteroatoms. The molecule has 0 saturated carbocycles. The number of thiocarbonyl (C=S) groups is 1. The van der Waals surface area contributed by atoms with Crippen molar-refractivity contribution in [1.29, 1.82) is 5.26 Å². The summed E-state index contributed by atoms with van der Waals surface area (Å²) in [5.74, 6) is -0.392. The lowest BCUT2D eigenvalue weighted by Crippen LogP contribution is -2.45. The van der Waals surface area contributed by atoms with Crippen molar-refractivity contribution < 1.29 is 23.1 Å². The predicted molar refractivity (Wildman–Crippen MR) is 136 cm³/mol. The smallest absolute Gasteiger partial charge is 0.389 e. The molecule has 198 valence electrons. The number of halogens is 3. The Morgan fingerprint density at radius 3 is 2.39 bits per heavy atom. The van der Waals surface area contributed by atoms with Gasteiger partial charge in [0.25, 0.3) is 5.91 Å². The summed E-state index contributed by atoms with van der Waals surface area (Å²) in [6, 6.07) is 4.98. The van der Waals surface area contributed by atoms with Crippen LogP contribution in [0.1, 0.15) is 77.3 Å². The van der Waals surface area contributed by atoms with Crippen molar-refractivity contribution in [3.05, 3.63) is 29.3 Å². The van der Waals surface area contributed by atoms with Crippen molar-refractivity contribution in [2.75, 3.05) is 24.5 Å². The maximum Gasteiger partial charge on any atom is 0.417 e. The van der Waals surface area contributed by atoms with Crippen molar-refractivity contribution in [2.45, 2.75) is 89.6 Å². The van der Waals surface area contributed by atoms with Crippen LogP contribution in [0.2, 0.25) is 0 Å². The van der Waals surface area contributed by atoms with Gasteiger partial charge >= 0.3 is 6.18 Å². The number of hydrogen-bond donors (Lipinski definition) is 1. The van der Waals surface area contributed by atoms with Crippen molar-refractivity contribution in [3.8, 4) is 6.07 Å². The molecular weight excluding hydrogens is 489 g/mol. The molecule has 0 aromatic heterocycles. The SMILES string of the molecule is CC(C)(O)[C@H]1CCCN1CCCCCCN1C(=S)N(c2ccc(C#N)c(C(F)(F)F)c2)C(=O)C1(C)C. The van der Waals surface area contributed by atoms with E-state index in [0.717, 1.165) is 68.6 Å². The van der Waals surface area contributed by atoms with Crippen LogP contribution in [-0.2, 0) is 11.0 Å². The normalized spacial score (nSPS) is 20.9. The van der Waals surface area contributed by atoms with Crippen LogP contribution >= 0.6 is 12.2 Å². The molecule has 2 saturated heterocycles. The van der Waals surface area contributed by atoms with Crippen LogP contribution in [-0.4, -0.2) is 62.7 Å². The van der Waals surface area contributed by atoms with Gasteiger partial charge in [0, 0.05) is 12.6 Å². The third kappa shape index (κ3) is 5.84. The van der Waals surface area contributed by atoms with Crippen LogP contribution in [0.3, 0.4) is 0 Å². The van der Waals surface area contributed by atoms with Gasteiger partial charge in [-0.05, 0) is 96.9 Å². The van der Waals surface area contributed by atoms with E-state index in [2.05, 4.69) is 4.90 Å². The number of hydrogen-bond acceptors (Lipinski definition) is 5. The van der Waals surface area contributed by atoms with Gasteiger partial charge < -0.3 is 10.0 Å². The summed E-state index contributed by atoms with van der Waals surface area (Å²) in [6.45, 7) is 9.64. The molecule has 1 amide bonds. The second kappa shape index (κ2) is 10.6. The van der Waals surface area contributed by atoms with E-state index in [1.807, 2.05) is 13.8 Å². The van der Waals surface area contributed by atoms with Crippen LogP contribution in [0.5, 0.6) is 0 Å². The van der Waals surface area contributed by atoms with Gasteiger partial charge in [-0.3, -0.25) is 14.6 Å². The molecule has 1 aromatic carbocycles. The van der Waals surface area contributed by atoms with E-state index in [9.17, 15) is 23.1 Å². The first-order valence-electron chi connectivity index (χ1n) is 12.4. The number of likely N-dealkylation sites (tertiary alicyclic amines) is 1. The minimum Gasteiger partial charge on any atom is -0.389 e. The summed E-state index contributed by atoms with van der Waals surface area (Å²) in [5, 5.41) is 19.6. The molecule has 2 aliphatic heterocycles. The van der Waals surface area contributed by atoms with Crippen LogP contribution in [0.25, 0.3) is 0 Å². The lowest BCUT2D eigenvalue weighted by Gasteiger charge is -2.33. The Morgan fingerprint density at radius 1 is 1.17 bits per heavy atom. The zero-order valence-electron chi connectivity index (χ0n) is 21.4. The number of alkyl halides is 3. The quantitative estimate of drug-likeness (QED) is 0.359. The highest BCUT2D eigenvalue weighted by atomic mass is 32.1. The van der Waals surface area contributed by atoms with E-state index in [4.69, 9.17) is 17.5 Å². The number of carbonyl (C=O) groups excluding carboxylic acids is 1. The average molecular weight is 525 g/mol. The minimum absolute atomic E-state index is 0.0128. The fourth-order valence-electron chi connectivity index (χ4n) is 5.27. The van der Waals surface area contributed by atoms with Gasteiger partial charge in [-0.1, -0.05) is 12.8 Å². The van der Waals surface area contributed by atoms with Crippen molar-refractivity contribution in [1.82, 2.24) is 9.80 Å². The number of unbranched alkanes of at least 4 members (excludes halogenated alkanes) is 3. The first-order chi connectivity index (χ1) is 16.7. The third-order valence-electron chi connectivity index (χ3n) is 7.27. The summed E-state index contributed by atoms with van der Waals surface area (Å²) < 4.78 is 40.4. The van der Waals surface area contributed by atoms with Crippen molar-refractivity contribution >= 4 is 28.9 Å². The molecule has 0 radical (unpaired) electrons. The second-order valence-electron chi connectivity index (χ2n) is 10.7. The van der Waals surface area contributed by atoms with E-state index in [-0.39, 0.29) is 16.8 Å². The molecule has 36 heavy (non-hydrogen) atoms. The molecule has 2 heterocycles. The zero-order chi connectivity index (χ0) is 26.9. The molecule has 0 aliphatic carbocycles. The number of carbonyl (C=O) groups is 1. The molecule has 2 aliphatic rings. The molecule has 1 aromatic rings. The molecule has 0 spiro atoms. The molecule has 1 atom stereocenters. The first kappa shape index (κ1) is 28.4. The van der Waals surface area contributed by atoms with Crippen LogP contribution in [0.15, 0.2) is 18.2 Å². The van der Waals surface area contributed by atoms with Gasteiger partial charge in [-0.25, -0.2) is 0 Å². The van der Waals surface area contributed by atoms with E-state index >= 15 is 0 Å². The topological polar surface area (TPSA) is 70.8 Å². The summed E-state index contributed by atoms with van der Waals surface area (Å²) in [4.78, 5) is 18.5. The highest BCUT2D eigenvalue weighted by Crippen LogP contribution is 2.38. The maximum atomic E-state index is 13.5. The average Bonchev–Trinajstić information content (AvgIpc) is 3.32. The summed E-state index contributed by atoms with van der Waals surface area (Å²) in [5.41, 5.74) is -3.26. The summed E-state index contributed by atoms with van der Waals surface area (Å²) in [7, 11) is 0. The van der Waals surface area contributed by atoms with E-state index < -0.39 is 34.4 Å². The lowest BCUT2D eigenvalue weighted by atomic mass is 9.96. The molecule has 0 unspecified atom stereocenters. The Balaban J connectivity index is 1.59.